The Kier molecular flexibility index (Phi) is 1.88. The van der Waals surface area contributed by atoms with Gasteiger partial charge in [0.1, 0.15) is 0 Å². The van der Waals surface area contributed by atoms with Crippen molar-refractivity contribution in [3.8, 4) is 11.3 Å². The van der Waals surface area contributed by atoms with Crippen LogP contribution in [0.15, 0.2) is 35.7 Å². The molecule has 2 heterocycles. The zero-order chi connectivity index (χ0) is 9.38. The van der Waals surface area contributed by atoms with E-state index in [0.717, 1.165) is 0 Å². The molecule has 14 heavy (non-hydrogen) atoms. The fourth-order valence-corrected chi connectivity index (χ4v) is 3.14. The van der Waals surface area contributed by atoms with Gasteiger partial charge in [0, 0.05) is 18.4 Å². The van der Waals surface area contributed by atoms with Crippen molar-refractivity contribution >= 4 is 11.3 Å². The fourth-order valence-electron chi connectivity index (χ4n) is 2.05. The van der Waals surface area contributed by atoms with Crippen LogP contribution >= 0.6 is 11.3 Å². The highest BCUT2D eigenvalue weighted by atomic mass is 32.1. The van der Waals surface area contributed by atoms with Gasteiger partial charge >= 0.3 is 0 Å². The standard InChI is InChI=1S/C12H12NS/c1-2-5-10(6-3-1)11-9-14-12-7-4-8-13(11)12/h1-3,5-6,9H,4,7-8H2/q+1. The van der Waals surface area contributed by atoms with Crippen molar-refractivity contribution in [2.24, 2.45) is 0 Å². The van der Waals surface area contributed by atoms with Crippen molar-refractivity contribution < 1.29 is 4.57 Å². The second kappa shape index (κ2) is 3.21. The maximum absolute atomic E-state index is 2.46. The Bertz CT molecular complexity index is 445. The van der Waals surface area contributed by atoms with Crippen molar-refractivity contribution in [1.82, 2.24) is 0 Å². The Balaban J connectivity index is 2.13. The van der Waals surface area contributed by atoms with Gasteiger partial charge in [0.2, 0.25) is 10.7 Å². The molecule has 0 radical (unpaired) electrons. The smallest absolute Gasteiger partial charge is 0.186 e. The summed E-state index contributed by atoms with van der Waals surface area (Å²) in [5.74, 6) is 0. The predicted molar refractivity (Wildman–Crippen MR) is 58.3 cm³/mol. The van der Waals surface area contributed by atoms with Gasteiger partial charge in [-0.25, -0.2) is 0 Å². The largest absolute Gasteiger partial charge is 0.237 e. The molecule has 2 aromatic rings. The molecule has 1 aliphatic heterocycles. The first kappa shape index (κ1) is 8.18. The molecule has 0 spiro atoms. The fraction of sp³-hybridized carbons (Fsp3) is 0.250. The summed E-state index contributed by atoms with van der Waals surface area (Å²) in [5.41, 5.74) is 2.74. The Hall–Kier alpha value is -1.15. The molecule has 0 bridgehead atoms. The van der Waals surface area contributed by atoms with Crippen molar-refractivity contribution in [1.29, 1.82) is 0 Å². The molecule has 0 saturated heterocycles. The lowest BCUT2D eigenvalue weighted by atomic mass is 10.2. The monoisotopic (exact) mass is 202 g/mol. The Labute approximate surface area is 87.6 Å². The van der Waals surface area contributed by atoms with E-state index in [4.69, 9.17) is 0 Å². The predicted octanol–water partition coefficient (Wildman–Crippen LogP) is 2.65. The van der Waals surface area contributed by atoms with E-state index in [1.54, 1.807) is 0 Å². The van der Waals surface area contributed by atoms with E-state index in [1.165, 1.54) is 35.7 Å². The van der Waals surface area contributed by atoms with Crippen molar-refractivity contribution in [3.63, 3.8) is 0 Å². The number of rotatable bonds is 1. The van der Waals surface area contributed by atoms with E-state index in [9.17, 15) is 0 Å². The summed E-state index contributed by atoms with van der Waals surface area (Å²) in [6.45, 7) is 1.20. The average Bonchev–Trinajstić information content (AvgIpc) is 2.79. The molecule has 0 unspecified atom stereocenters. The highest BCUT2D eigenvalue weighted by molar-refractivity contribution is 7.09. The maximum atomic E-state index is 2.46. The van der Waals surface area contributed by atoms with E-state index >= 15 is 0 Å². The van der Waals surface area contributed by atoms with Crippen LogP contribution in [0.5, 0.6) is 0 Å². The second-order valence-corrected chi connectivity index (χ2v) is 4.58. The lowest BCUT2D eigenvalue weighted by molar-refractivity contribution is -0.675. The van der Waals surface area contributed by atoms with Gasteiger partial charge in [-0.2, -0.15) is 4.57 Å². The number of hydrogen-bond donors (Lipinski definition) is 0. The quantitative estimate of drug-likeness (QED) is 0.626. The topological polar surface area (TPSA) is 3.88 Å². The molecule has 0 N–H and O–H groups in total. The molecule has 70 valence electrons. The molecule has 1 nitrogen and oxygen atoms in total. The Morgan fingerprint density at radius 3 is 2.86 bits per heavy atom. The molecule has 0 aliphatic carbocycles. The first-order chi connectivity index (χ1) is 6.95. The molecule has 0 atom stereocenters. The minimum absolute atomic E-state index is 1.20. The van der Waals surface area contributed by atoms with Crippen LogP contribution in [0.25, 0.3) is 11.3 Å². The molecule has 1 aromatic carbocycles. The van der Waals surface area contributed by atoms with Gasteiger partial charge in [0.05, 0.1) is 5.38 Å². The van der Waals surface area contributed by atoms with Crippen molar-refractivity contribution in [2.75, 3.05) is 0 Å². The third-order valence-corrected chi connectivity index (χ3v) is 3.78. The summed E-state index contributed by atoms with van der Waals surface area (Å²) in [5, 5.41) is 3.81. The minimum atomic E-state index is 1.20. The zero-order valence-corrected chi connectivity index (χ0v) is 8.76. The summed E-state index contributed by atoms with van der Waals surface area (Å²) in [4.78, 5) is 0. The summed E-state index contributed by atoms with van der Waals surface area (Å²) in [6, 6.07) is 10.7. The van der Waals surface area contributed by atoms with E-state index in [2.05, 4.69) is 40.3 Å². The molecule has 3 rings (SSSR count). The highest BCUT2D eigenvalue weighted by Gasteiger charge is 2.25. The third-order valence-electron chi connectivity index (χ3n) is 2.74. The molecule has 0 fully saturated rings. The van der Waals surface area contributed by atoms with Crippen LogP contribution in [0.3, 0.4) is 0 Å². The van der Waals surface area contributed by atoms with Crippen LogP contribution in [-0.2, 0) is 13.0 Å². The van der Waals surface area contributed by atoms with Gasteiger partial charge in [-0.1, -0.05) is 29.5 Å². The highest BCUT2D eigenvalue weighted by Crippen LogP contribution is 2.23. The number of aromatic nitrogens is 1. The van der Waals surface area contributed by atoms with Crippen LogP contribution in [0, 0.1) is 0 Å². The van der Waals surface area contributed by atoms with Gasteiger partial charge in [0.25, 0.3) is 0 Å². The number of nitrogens with zero attached hydrogens (tertiary/aromatic N) is 1. The second-order valence-electron chi connectivity index (χ2n) is 3.64. The van der Waals surface area contributed by atoms with Crippen LogP contribution in [-0.4, -0.2) is 0 Å². The van der Waals surface area contributed by atoms with E-state index in [-0.39, 0.29) is 0 Å². The van der Waals surface area contributed by atoms with Gasteiger partial charge in [-0.05, 0) is 12.1 Å². The maximum Gasteiger partial charge on any atom is 0.237 e. The molecular formula is C12H12NS+. The summed E-state index contributed by atoms with van der Waals surface area (Å²) < 4.78 is 2.46. The minimum Gasteiger partial charge on any atom is -0.186 e. The molecular weight excluding hydrogens is 190 g/mol. The number of fused-ring (bicyclic) bond motifs is 1. The molecule has 0 amide bonds. The van der Waals surface area contributed by atoms with Crippen molar-refractivity contribution in [3.05, 3.63) is 40.7 Å². The molecule has 0 saturated carbocycles. The van der Waals surface area contributed by atoms with E-state index in [1.807, 2.05) is 11.3 Å². The van der Waals surface area contributed by atoms with Crippen LogP contribution in [0.1, 0.15) is 11.4 Å². The summed E-state index contributed by atoms with van der Waals surface area (Å²) >= 11 is 1.90. The Morgan fingerprint density at radius 1 is 1.14 bits per heavy atom. The van der Waals surface area contributed by atoms with Gasteiger partial charge in [0.15, 0.2) is 6.54 Å². The number of hydrogen-bond acceptors (Lipinski definition) is 1. The first-order valence-electron chi connectivity index (χ1n) is 5.01. The average molecular weight is 202 g/mol. The van der Waals surface area contributed by atoms with E-state index < -0.39 is 0 Å². The van der Waals surface area contributed by atoms with Gasteiger partial charge in [-0.3, -0.25) is 0 Å². The number of benzene rings is 1. The SMILES string of the molecule is c1ccc(-c2csc3[n+]2CCC3)cc1. The molecule has 1 aliphatic rings. The zero-order valence-electron chi connectivity index (χ0n) is 7.94. The van der Waals surface area contributed by atoms with Crippen molar-refractivity contribution in [2.45, 2.75) is 19.4 Å². The van der Waals surface area contributed by atoms with Crippen LogP contribution in [0.4, 0.5) is 0 Å². The van der Waals surface area contributed by atoms with E-state index in [0.29, 0.717) is 0 Å². The summed E-state index contributed by atoms with van der Waals surface area (Å²) in [7, 11) is 0. The molecule has 2 heteroatoms. The van der Waals surface area contributed by atoms with Gasteiger partial charge < -0.3 is 0 Å². The lowest BCUT2D eigenvalue weighted by Gasteiger charge is -1.94. The third kappa shape index (κ3) is 1.18. The lowest BCUT2D eigenvalue weighted by Crippen LogP contribution is -2.32. The Morgan fingerprint density at radius 2 is 2.00 bits per heavy atom. The number of thiazole rings is 1. The first-order valence-corrected chi connectivity index (χ1v) is 5.89. The van der Waals surface area contributed by atoms with Gasteiger partial charge in [-0.15, -0.1) is 0 Å². The number of aryl methyl sites for hydroxylation is 1. The molecule has 1 aromatic heterocycles. The van der Waals surface area contributed by atoms with Crippen LogP contribution in [0.2, 0.25) is 0 Å². The van der Waals surface area contributed by atoms with Crippen LogP contribution < -0.4 is 4.57 Å². The normalized spacial score (nSPS) is 14.3. The summed E-state index contributed by atoms with van der Waals surface area (Å²) in [6.07, 6.45) is 2.57.